The highest BCUT2D eigenvalue weighted by atomic mass is 19.4. The van der Waals surface area contributed by atoms with Crippen molar-refractivity contribution in [3.8, 4) is 0 Å². The van der Waals surface area contributed by atoms with Gasteiger partial charge < -0.3 is 10.6 Å². The van der Waals surface area contributed by atoms with E-state index < -0.39 is 42.0 Å². The van der Waals surface area contributed by atoms with Gasteiger partial charge in [-0.25, -0.2) is 0 Å². The summed E-state index contributed by atoms with van der Waals surface area (Å²) in [5, 5.41) is 6.12. The number of nitrogens with one attached hydrogen (secondary N) is 2. The molecule has 1 heterocycles. The Hall–Kier alpha value is -2.59. The van der Waals surface area contributed by atoms with Crippen LogP contribution >= 0.6 is 0 Å². The number of hydrogen-bond donors (Lipinski definition) is 2. The molecule has 1 aliphatic heterocycles. The maximum atomic E-state index is 13.2. The molecule has 0 aromatic heterocycles. The number of halogens is 6. The van der Waals surface area contributed by atoms with Crippen LogP contribution in [0.2, 0.25) is 0 Å². The number of alkyl halides is 6. The van der Waals surface area contributed by atoms with Gasteiger partial charge >= 0.3 is 12.4 Å². The number of carbonyl (C=O) groups excluding carboxylic acids is 1. The van der Waals surface area contributed by atoms with Crippen LogP contribution in [0.15, 0.2) is 42.5 Å². The topological polar surface area (TPSA) is 44.4 Å². The van der Waals surface area contributed by atoms with Crippen molar-refractivity contribution in [2.75, 3.05) is 13.1 Å². The Morgan fingerprint density at radius 2 is 1.56 bits per heavy atom. The van der Waals surface area contributed by atoms with Gasteiger partial charge in [-0.3, -0.25) is 9.69 Å². The molecule has 4 nitrogen and oxygen atoms in total. The standard InChI is InChI=1S/C26H29F6N3O/c27-25(28,29)19-12-17(13-20(14-19)26(30,31)32)15-34-24(36)23-22-9-5-4-6-18(22)16-35(23)11-10-33-21-7-2-1-3-8-21/h4-6,9,12-14,21,23,33H,1-3,7-8,10-11,15-16H2,(H,34,36). The summed E-state index contributed by atoms with van der Waals surface area (Å²) < 4.78 is 79.1. The lowest BCUT2D eigenvalue weighted by Crippen LogP contribution is -2.41. The Morgan fingerprint density at radius 3 is 2.19 bits per heavy atom. The van der Waals surface area contributed by atoms with E-state index in [9.17, 15) is 31.1 Å². The number of nitrogens with zero attached hydrogens (tertiary/aromatic N) is 1. The zero-order valence-corrected chi connectivity index (χ0v) is 19.7. The first-order valence-corrected chi connectivity index (χ1v) is 12.1. The summed E-state index contributed by atoms with van der Waals surface area (Å²) in [5.41, 5.74) is -1.28. The van der Waals surface area contributed by atoms with Crippen LogP contribution in [0.4, 0.5) is 26.3 Å². The van der Waals surface area contributed by atoms with Gasteiger partial charge in [-0.15, -0.1) is 0 Å². The van der Waals surface area contributed by atoms with Crippen molar-refractivity contribution in [3.63, 3.8) is 0 Å². The second kappa shape index (κ2) is 10.8. The molecule has 1 fully saturated rings. The third-order valence-electron chi connectivity index (χ3n) is 6.89. The third kappa shape index (κ3) is 6.39. The summed E-state index contributed by atoms with van der Waals surface area (Å²) >= 11 is 0. The number of rotatable bonds is 7. The second-order valence-corrected chi connectivity index (χ2v) is 9.49. The number of hydrogen-bond acceptors (Lipinski definition) is 3. The van der Waals surface area contributed by atoms with Gasteiger partial charge in [-0.1, -0.05) is 43.5 Å². The molecule has 0 radical (unpaired) electrons. The highest BCUT2D eigenvalue weighted by molar-refractivity contribution is 5.84. The summed E-state index contributed by atoms with van der Waals surface area (Å²) in [6, 6.07) is 8.60. The fraction of sp³-hybridized carbons (Fsp3) is 0.500. The van der Waals surface area contributed by atoms with E-state index >= 15 is 0 Å². The summed E-state index contributed by atoms with van der Waals surface area (Å²) in [6.45, 7) is 1.37. The van der Waals surface area contributed by atoms with Crippen molar-refractivity contribution in [1.29, 1.82) is 0 Å². The minimum absolute atomic E-state index is 0.0829. The molecule has 2 N–H and O–H groups in total. The molecule has 0 spiro atoms. The molecule has 2 aliphatic rings. The smallest absolute Gasteiger partial charge is 0.350 e. The van der Waals surface area contributed by atoms with E-state index in [-0.39, 0.29) is 11.6 Å². The van der Waals surface area contributed by atoms with Crippen LogP contribution in [0, 0.1) is 0 Å². The lowest BCUT2D eigenvalue weighted by atomic mass is 9.95. The molecular formula is C26H29F6N3O. The lowest BCUT2D eigenvalue weighted by Gasteiger charge is -2.27. The largest absolute Gasteiger partial charge is 0.416 e. The molecule has 0 bridgehead atoms. The highest BCUT2D eigenvalue weighted by Crippen LogP contribution is 2.37. The van der Waals surface area contributed by atoms with Crippen LogP contribution in [0.1, 0.15) is 66.0 Å². The fourth-order valence-electron chi connectivity index (χ4n) is 5.09. The van der Waals surface area contributed by atoms with Gasteiger partial charge in [0.2, 0.25) is 5.91 Å². The van der Waals surface area contributed by atoms with Gasteiger partial charge in [0.1, 0.15) is 6.04 Å². The van der Waals surface area contributed by atoms with Crippen molar-refractivity contribution < 1.29 is 31.1 Å². The van der Waals surface area contributed by atoms with Gasteiger partial charge in [0.15, 0.2) is 0 Å². The summed E-state index contributed by atoms with van der Waals surface area (Å²) in [4.78, 5) is 15.2. The molecule has 2 aromatic carbocycles. The van der Waals surface area contributed by atoms with Gasteiger partial charge in [0.05, 0.1) is 11.1 Å². The Labute approximate surface area is 206 Å². The van der Waals surface area contributed by atoms with Crippen molar-refractivity contribution in [3.05, 3.63) is 70.3 Å². The molecule has 1 atom stereocenters. The SMILES string of the molecule is O=C(NCc1cc(C(F)(F)F)cc(C(F)(F)F)c1)C1c2ccccc2CN1CCNC1CCCCC1. The summed E-state index contributed by atoms with van der Waals surface area (Å²) in [6.07, 6.45) is -3.98. The van der Waals surface area contributed by atoms with Crippen LogP contribution in [0.3, 0.4) is 0 Å². The van der Waals surface area contributed by atoms with E-state index in [4.69, 9.17) is 0 Å². The molecule has 196 valence electrons. The monoisotopic (exact) mass is 513 g/mol. The van der Waals surface area contributed by atoms with Crippen LogP contribution in [-0.2, 0) is 30.2 Å². The Morgan fingerprint density at radius 1 is 0.917 bits per heavy atom. The molecule has 36 heavy (non-hydrogen) atoms. The van der Waals surface area contributed by atoms with Gasteiger partial charge in [0.25, 0.3) is 0 Å². The molecule has 1 saturated carbocycles. The normalized spacial score (nSPS) is 19.3. The molecule has 2 aromatic rings. The molecule has 1 aliphatic carbocycles. The van der Waals surface area contributed by atoms with Crippen molar-refractivity contribution in [1.82, 2.24) is 15.5 Å². The minimum Gasteiger partial charge on any atom is -0.350 e. The average molecular weight is 514 g/mol. The maximum Gasteiger partial charge on any atom is 0.416 e. The first-order valence-electron chi connectivity index (χ1n) is 12.1. The quantitative estimate of drug-likeness (QED) is 0.459. The molecule has 4 rings (SSSR count). The third-order valence-corrected chi connectivity index (χ3v) is 6.89. The van der Waals surface area contributed by atoms with E-state index in [1.54, 1.807) is 0 Å². The van der Waals surface area contributed by atoms with E-state index in [1.807, 2.05) is 29.2 Å². The van der Waals surface area contributed by atoms with E-state index in [0.717, 1.165) is 24.0 Å². The van der Waals surface area contributed by atoms with Crippen LogP contribution in [0.5, 0.6) is 0 Å². The molecule has 1 unspecified atom stereocenters. The fourth-order valence-corrected chi connectivity index (χ4v) is 5.09. The summed E-state index contributed by atoms with van der Waals surface area (Å²) in [7, 11) is 0. The van der Waals surface area contributed by atoms with Gasteiger partial charge in [-0.2, -0.15) is 26.3 Å². The van der Waals surface area contributed by atoms with Crippen LogP contribution in [0.25, 0.3) is 0 Å². The predicted molar refractivity (Wildman–Crippen MR) is 123 cm³/mol. The minimum atomic E-state index is -4.94. The Bertz CT molecular complexity index is 1030. The average Bonchev–Trinajstić information content (AvgIpc) is 3.20. The van der Waals surface area contributed by atoms with E-state index in [0.29, 0.717) is 37.8 Å². The highest BCUT2D eigenvalue weighted by Gasteiger charge is 2.38. The Balaban J connectivity index is 1.46. The number of carbonyl (C=O) groups is 1. The van der Waals surface area contributed by atoms with E-state index in [1.165, 1.54) is 19.3 Å². The molecule has 1 amide bonds. The first kappa shape index (κ1) is 26.5. The molecule has 0 saturated heterocycles. The zero-order valence-electron chi connectivity index (χ0n) is 19.7. The van der Waals surface area contributed by atoms with E-state index in [2.05, 4.69) is 10.6 Å². The first-order chi connectivity index (χ1) is 17.0. The van der Waals surface area contributed by atoms with Crippen molar-refractivity contribution in [2.45, 2.75) is 69.6 Å². The van der Waals surface area contributed by atoms with Crippen LogP contribution in [-0.4, -0.2) is 29.9 Å². The maximum absolute atomic E-state index is 13.2. The van der Waals surface area contributed by atoms with Crippen LogP contribution < -0.4 is 10.6 Å². The molecular weight excluding hydrogens is 484 g/mol. The van der Waals surface area contributed by atoms with Crippen molar-refractivity contribution >= 4 is 5.91 Å². The zero-order chi connectivity index (χ0) is 25.9. The lowest BCUT2D eigenvalue weighted by molar-refractivity contribution is -0.143. The summed E-state index contributed by atoms with van der Waals surface area (Å²) in [5.74, 6) is -0.455. The number of amides is 1. The van der Waals surface area contributed by atoms with Gasteiger partial charge in [-0.05, 0) is 47.7 Å². The predicted octanol–water partition coefficient (Wildman–Crippen LogP) is 5.82. The molecule has 10 heteroatoms. The second-order valence-electron chi connectivity index (χ2n) is 9.49. The van der Waals surface area contributed by atoms with Gasteiger partial charge in [0, 0.05) is 32.2 Å². The Kier molecular flexibility index (Phi) is 7.94. The number of benzene rings is 2. The van der Waals surface area contributed by atoms with Crippen molar-refractivity contribution in [2.24, 2.45) is 0 Å². The number of fused-ring (bicyclic) bond motifs is 1.